The molecule has 4 saturated carbocycles. The summed E-state index contributed by atoms with van der Waals surface area (Å²) >= 11 is 0. The van der Waals surface area contributed by atoms with E-state index in [4.69, 9.17) is 18.9 Å². The van der Waals surface area contributed by atoms with Gasteiger partial charge in [0.2, 0.25) is 0 Å². The third-order valence-electron chi connectivity index (χ3n) is 12.6. The Hall–Kier alpha value is -1.73. The molecule has 7 unspecified atom stereocenters. The molecule has 1 aromatic carbocycles. The monoisotopic (exact) mass is 620 g/mol. The molecule has 1 heterocycles. The van der Waals surface area contributed by atoms with Crippen LogP contribution in [0.3, 0.4) is 0 Å². The van der Waals surface area contributed by atoms with Gasteiger partial charge >= 0.3 is 5.97 Å². The van der Waals surface area contributed by atoms with Crippen LogP contribution in [0.2, 0.25) is 0 Å². The van der Waals surface area contributed by atoms with Crippen molar-refractivity contribution in [1.82, 2.24) is 0 Å². The van der Waals surface area contributed by atoms with E-state index in [1.54, 1.807) is 11.1 Å². The van der Waals surface area contributed by atoms with Crippen molar-refractivity contribution < 1.29 is 28.8 Å². The summed E-state index contributed by atoms with van der Waals surface area (Å²) in [6.07, 6.45) is 10.5. The molecular weight excluding hydrogens is 564 g/mol. The Morgan fingerprint density at radius 3 is 2.44 bits per heavy atom. The van der Waals surface area contributed by atoms with E-state index in [1.165, 1.54) is 30.4 Å². The van der Waals surface area contributed by atoms with E-state index in [2.05, 4.69) is 45.0 Å². The molecule has 0 amide bonds. The van der Waals surface area contributed by atoms with Gasteiger partial charge < -0.3 is 24.1 Å². The van der Waals surface area contributed by atoms with Gasteiger partial charge in [-0.25, -0.2) is 4.79 Å². The summed E-state index contributed by atoms with van der Waals surface area (Å²) in [6.45, 7) is 14.5. The van der Waals surface area contributed by atoms with E-state index in [9.17, 15) is 9.90 Å². The minimum absolute atomic E-state index is 0.0182. The van der Waals surface area contributed by atoms with Crippen LogP contribution >= 0.6 is 0 Å². The Balaban J connectivity index is 1.14. The Morgan fingerprint density at radius 2 is 1.73 bits per heavy atom. The van der Waals surface area contributed by atoms with Crippen LogP contribution < -0.4 is 0 Å². The largest absolute Gasteiger partial charge is 0.458 e. The molecule has 6 heteroatoms. The summed E-state index contributed by atoms with van der Waals surface area (Å²) < 4.78 is 24.3. The number of allylic oxidation sites excluding steroid dienone is 2. The van der Waals surface area contributed by atoms with E-state index in [0.29, 0.717) is 24.4 Å². The average Bonchev–Trinajstić information content (AvgIpc) is 3.59. The van der Waals surface area contributed by atoms with E-state index in [1.807, 2.05) is 20.8 Å². The van der Waals surface area contributed by atoms with Gasteiger partial charge in [0.25, 0.3) is 0 Å². The first-order valence-corrected chi connectivity index (χ1v) is 17.8. The molecule has 248 valence electrons. The van der Waals surface area contributed by atoms with Crippen molar-refractivity contribution in [3.8, 4) is 0 Å². The lowest BCUT2D eigenvalue weighted by Gasteiger charge is -2.52. The number of aliphatic hydroxyl groups excluding tert-OH is 1. The van der Waals surface area contributed by atoms with Crippen molar-refractivity contribution in [3.05, 3.63) is 46.5 Å². The van der Waals surface area contributed by atoms with Gasteiger partial charge in [0.05, 0.1) is 25.9 Å². The summed E-state index contributed by atoms with van der Waals surface area (Å²) in [4.78, 5) is 12.0. The van der Waals surface area contributed by atoms with Gasteiger partial charge in [-0.1, -0.05) is 56.2 Å². The summed E-state index contributed by atoms with van der Waals surface area (Å²) in [5.41, 5.74) is 5.88. The molecule has 7 atom stereocenters. The first-order chi connectivity index (χ1) is 21.2. The number of esters is 1. The molecule has 2 spiro atoms. The highest BCUT2D eigenvalue weighted by molar-refractivity contribution is 5.71. The molecule has 1 N–H and O–H groups in total. The maximum Gasteiger partial charge on any atom is 0.332 e. The molecule has 0 aromatic heterocycles. The van der Waals surface area contributed by atoms with Gasteiger partial charge in [-0.3, -0.25) is 0 Å². The SMILES string of the molecule is CC1(C)COC2(CCC3=C4C(c5ccc(CCOCC(=O)OC(C)(C)C)cc5)CC5(C)C(O)CCC5C4CCC4CC34C2)OC1. The zero-order valence-electron chi connectivity index (χ0n) is 28.6. The predicted octanol–water partition coefficient (Wildman–Crippen LogP) is 7.52. The summed E-state index contributed by atoms with van der Waals surface area (Å²) in [5.74, 6) is 1.48. The molecule has 5 fully saturated rings. The van der Waals surface area contributed by atoms with E-state index in [-0.39, 0.29) is 34.9 Å². The highest BCUT2D eigenvalue weighted by Crippen LogP contribution is 2.74. The van der Waals surface area contributed by atoms with Gasteiger partial charge in [-0.15, -0.1) is 0 Å². The lowest BCUT2D eigenvalue weighted by atomic mass is 9.54. The molecule has 45 heavy (non-hydrogen) atoms. The molecule has 0 bridgehead atoms. The van der Waals surface area contributed by atoms with Crippen molar-refractivity contribution in [2.24, 2.45) is 34.0 Å². The second-order valence-electron chi connectivity index (χ2n) is 17.6. The van der Waals surface area contributed by atoms with E-state index >= 15 is 0 Å². The predicted molar refractivity (Wildman–Crippen MR) is 174 cm³/mol. The second kappa shape index (κ2) is 11.2. The first kappa shape index (κ1) is 31.8. The quantitative estimate of drug-likeness (QED) is 0.202. The van der Waals surface area contributed by atoms with E-state index in [0.717, 1.165) is 64.1 Å². The number of hydrogen-bond donors (Lipinski definition) is 1. The summed E-state index contributed by atoms with van der Waals surface area (Å²) in [7, 11) is 0. The topological polar surface area (TPSA) is 74.2 Å². The molecule has 0 radical (unpaired) electrons. The van der Waals surface area contributed by atoms with Crippen molar-refractivity contribution >= 4 is 5.97 Å². The Bertz CT molecular complexity index is 1310. The van der Waals surface area contributed by atoms with Crippen LogP contribution in [-0.4, -0.2) is 55.0 Å². The van der Waals surface area contributed by atoms with Gasteiger partial charge in [0.15, 0.2) is 5.79 Å². The lowest BCUT2D eigenvalue weighted by Crippen LogP contribution is -2.51. The van der Waals surface area contributed by atoms with Crippen molar-refractivity contribution in [2.75, 3.05) is 26.4 Å². The number of fused-ring (bicyclic) bond motifs is 3. The van der Waals surface area contributed by atoms with Crippen LogP contribution in [0.15, 0.2) is 35.4 Å². The molecule has 7 rings (SSSR count). The number of carbonyl (C=O) groups excluding carboxylic acids is 1. The van der Waals surface area contributed by atoms with Crippen LogP contribution in [0.1, 0.15) is 116 Å². The zero-order valence-corrected chi connectivity index (χ0v) is 28.6. The Labute approximate surface area is 270 Å². The molecular formula is C39H56O6. The molecule has 5 aliphatic carbocycles. The van der Waals surface area contributed by atoms with Crippen LogP contribution in [0.4, 0.5) is 0 Å². The second-order valence-corrected chi connectivity index (χ2v) is 17.6. The molecule has 6 nitrogen and oxygen atoms in total. The fourth-order valence-corrected chi connectivity index (χ4v) is 10.3. The van der Waals surface area contributed by atoms with Gasteiger partial charge in [0.1, 0.15) is 12.2 Å². The summed E-state index contributed by atoms with van der Waals surface area (Å²) in [6, 6.07) is 9.18. The van der Waals surface area contributed by atoms with Gasteiger partial charge in [-0.05, 0) is 112 Å². The summed E-state index contributed by atoms with van der Waals surface area (Å²) in [5, 5.41) is 11.4. The number of hydrogen-bond acceptors (Lipinski definition) is 6. The minimum Gasteiger partial charge on any atom is -0.458 e. The van der Waals surface area contributed by atoms with Gasteiger partial charge in [0, 0.05) is 24.2 Å². The van der Waals surface area contributed by atoms with Crippen LogP contribution in [0, 0.1) is 34.0 Å². The smallest absolute Gasteiger partial charge is 0.332 e. The van der Waals surface area contributed by atoms with Crippen molar-refractivity contribution in [2.45, 2.75) is 129 Å². The fourth-order valence-electron chi connectivity index (χ4n) is 10.3. The van der Waals surface area contributed by atoms with Crippen molar-refractivity contribution in [3.63, 3.8) is 0 Å². The maximum atomic E-state index is 12.0. The third kappa shape index (κ3) is 5.85. The molecule has 1 saturated heterocycles. The normalized spacial score (nSPS) is 38.1. The number of benzene rings is 1. The van der Waals surface area contributed by atoms with E-state index < -0.39 is 11.4 Å². The average molecular weight is 621 g/mol. The van der Waals surface area contributed by atoms with Crippen molar-refractivity contribution in [1.29, 1.82) is 0 Å². The highest BCUT2D eigenvalue weighted by Gasteiger charge is 2.67. The number of aliphatic hydroxyl groups is 1. The zero-order chi connectivity index (χ0) is 31.8. The van der Waals surface area contributed by atoms with Crippen LogP contribution in [0.5, 0.6) is 0 Å². The Morgan fingerprint density at radius 1 is 1.00 bits per heavy atom. The highest BCUT2D eigenvalue weighted by atomic mass is 16.7. The number of ether oxygens (including phenoxy) is 4. The minimum atomic E-state index is -0.499. The maximum absolute atomic E-state index is 12.0. The van der Waals surface area contributed by atoms with Crippen LogP contribution in [0.25, 0.3) is 0 Å². The number of rotatable bonds is 6. The Kier molecular flexibility index (Phi) is 7.91. The first-order valence-electron chi connectivity index (χ1n) is 17.8. The fraction of sp³-hybridized carbons (Fsp3) is 0.769. The third-order valence-corrected chi connectivity index (χ3v) is 12.6. The standard InChI is InChI=1S/C39H56O6/c1-35(2,3)45-33(41)21-42-18-16-25-7-9-26(10-8-25)29-20-37(6)30(13-14-32(37)40)28-12-11-27-19-38(27)22-39(17-15-31(38)34(28)29)43-23-36(4,5)24-44-39/h7-10,27-30,32,40H,11-24H2,1-6H3. The molecule has 6 aliphatic rings. The van der Waals surface area contributed by atoms with Crippen LogP contribution in [-0.2, 0) is 30.2 Å². The molecule has 1 aromatic rings. The lowest BCUT2D eigenvalue weighted by molar-refractivity contribution is -0.313. The van der Waals surface area contributed by atoms with Gasteiger partial charge in [-0.2, -0.15) is 0 Å². The molecule has 1 aliphatic heterocycles. The number of carbonyl (C=O) groups is 1.